The number of benzene rings is 2. The summed E-state index contributed by atoms with van der Waals surface area (Å²) < 4.78 is 0. The van der Waals surface area contributed by atoms with Crippen molar-refractivity contribution in [1.29, 1.82) is 0 Å². The van der Waals surface area contributed by atoms with E-state index in [2.05, 4.69) is 99.1 Å². The van der Waals surface area contributed by atoms with Gasteiger partial charge in [-0.2, -0.15) is 0 Å². The third-order valence-corrected chi connectivity index (χ3v) is 5.07. The molecule has 0 bridgehead atoms. The van der Waals surface area contributed by atoms with Gasteiger partial charge in [0.05, 0.1) is 0 Å². The summed E-state index contributed by atoms with van der Waals surface area (Å²) in [4.78, 5) is 4.94. The Balaban J connectivity index is 1.96. The Morgan fingerprint density at radius 1 is 0.800 bits per heavy atom. The van der Waals surface area contributed by atoms with E-state index in [0.29, 0.717) is 12.1 Å². The van der Waals surface area contributed by atoms with Gasteiger partial charge in [0, 0.05) is 25.2 Å². The highest BCUT2D eigenvalue weighted by atomic mass is 15.1. The largest absolute Gasteiger partial charge is 0.299 e. The SMILES string of the molecule is CCN(Cc1cccc(CC(C)N(C)Cc2ccccc2)c1)C(C)C. The highest BCUT2D eigenvalue weighted by molar-refractivity contribution is 5.24. The van der Waals surface area contributed by atoms with E-state index in [-0.39, 0.29) is 0 Å². The van der Waals surface area contributed by atoms with E-state index < -0.39 is 0 Å². The summed E-state index contributed by atoms with van der Waals surface area (Å²) in [6, 6.07) is 20.9. The summed E-state index contributed by atoms with van der Waals surface area (Å²) in [5.41, 5.74) is 4.23. The van der Waals surface area contributed by atoms with Gasteiger partial charge in [-0.3, -0.25) is 9.80 Å². The molecule has 1 unspecified atom stereocenters. The molecule has 0 fully saturated rings. The topological polar surface area (TPSA) is 6.48 Å². The van der Waals surface area contributed by atoms with Gasteiger partial charge in [0.1, 0.15) is 0 Å². The molecule has 0 saturated heterocycles. The average Bonchev–Trinajstić information content (AvgIpc) is 2.60. The lowest BCUT2D eigenvalue weighted by atomic mass is 10.0. The van der Waals surface area contributed by atoms with Gasteiger partial charge < -0.3 is 0 Å². The summed E-state index contributed by atoms with van der Waals surface area (Å²) in [5.74, 6) is 0. The lowest BCUT2D eigenvalue weighted by molar-refractivity contribution is 0.224. The highest BCUT2D eigenvalue weighted by Gasteiger charge is 2.12. The summed E-state index contributed by atoms with van der Waals surface area (Å²) in [6.45, 7) is 12.2. The van der Waals surface area contributed by atoms with Crippen molar-refractivity contribution in [3.8, 4) is 0 Å². The maximum Gasteiger partial charge on any atom is 0.0236 e. The highest BCUT2D eigenvalue weighted by Crippen LogP contribution is 2.15. The second kappa shape index (κ2) is 9.74. The van der Waals surface area contributed by atoms with Gasteiger partial charge in [0.25, 0.3) is 0 Å². The Hall–Kier alpha value is -1.64. The third-order valence-electron chi connectivity index (χ3n) is 5.07. The van der Waals surface area contributed by atoms with Crippen molar-refractivity contribution in [3.63, 3.8) is 0 Å². The van der Waals surface area contributed by atoms with E-state index in [1.807, 2.05) is 0 Å². The van der Waals surface area contributed by atoms with Gasteiger partial charge in [-0.15, -0.1) is 0 Å². The molecule has 136 valence electrons. The van der Waals surface area contributed by atoms with Crippen LogP contribution in [0.3, 0.4) is 0 Å². The molecule has 0 spiro atoms. The molecular weight excluding hydrogens is 304 g/mol. The Morgan fingerprint density at radius 2 is 1.44 bits per heavy atom. The molecule has 0 aromatic heterocycles. The average molecular weight is 339 g/mol. The minimum absolute atomic E-state index is 0.517. The van der Waals surface area contributed by atoms with Crippen LogP contribution >= 0.6 is 0 Å². The van der Waals surface area contributed by atoms with Crippen molar-refractivity contribution >= 4 is 0 Å². The van der Waals surface area contributed by atoms with Gasteiger partial charge in [0.15, 0.2) is 0 Å². The monoisotopic (exact) mass is 338 g/mol. The van der Waals surface area contributed by atoms with Crippen LogP contribution < -0.4 is 0 Å². The molecule has 0 radical (unpaired) electrons. The number of nitrogens with zero attached hydrogens (tertiary/aromatic N) is 2. The van der Waals surface area contributed by atoms with Crippen LogP contribution in [-0.2, 0) is 19.5 Å². The molecule has 0 aliphatic carbocycles. The number of rotatable bonds is 9. The summed E-state index contributed by atoms with van der Waals surface area (Å²) >= 11 is 0. The Labute approximate surface area is 154 Å². The van der Waals surface area contributed by atoms with Gasteiger partial charge in [-0.25, -0.2) is 0 Å². The van der Waals surface area contributed by atoms with Crippen LogP contribution in [0.1, 0.15) is 44.4 Å². The molecule has 0 aliphatic heterocycles. The lowest BCUT2D eigenvalue weighted by Gasteiger charge is -2.26. The molecule has 0 amide bonds. The first kappa shape index (κ1) is 19.7. The quantitative estimate of drug-likeness (QED) is 0.636. The van der Waals surface area contributed by atoms with Crippen LogP contribution in [0.15, 0.2) is 54.6 Å². The maximum atomic E-state index is 2.50. The fourth-order valence-electron chi connectivity index (χ4n) is 3.27. The number of hydrogen-bond acceptors (Lipinski definition) is 2. The minimum atomic E-state index is 0.517. The predicted octanol–water partition coefficient (Wildman–Crippen LogP) is 4.98. The Bertz CT molecular complexity index is 621. The fourth-order valence-corrected chi connectivity index (χ4v) is 3.27. The second-order valence-corrected chi connectivity index (χ2v) is 7.43. The van der Waals surface area contributed by atoms with E-state index in [1.54, 1.807) is 0 Å². The van der Waals surface area contributed by atoms with Crippen LogP contribution in [0.4, 0.5) is 0 Å². The van der Waals surface area contributed by atoms with E-state index in [9.17, 15) is 0 Å². The minimum Gasteiger partial charge on any atom is -0.299 e. The molecular formula is C23H34N2. The van der Waals surface area contributed by atoms with Crippen molar-refractivity contribution in [2.24, 2.45) is 0 Å². The number of hydrogen-bond donors (Lipinski definition) is 0. The smallest absolute Gasteiger partial charge is 0.0236 e. The molecule has 2 nitrogen and oxygen atoms in total. The standard InChI is InChI=1S/C23H34N2/c1-6-25(19(2)3)18-23-14-10-13-22(16-23)15-20(4)24(5)17-21-11-8-7-9-12-21/h7-14,16,19-20H,6,15,17-18H2,1-5H3. The molecule has 2 aromatic rings. The van der Waals surface area contributed by atoms with E-state index in [1.165, 1.54) is 16.7 Å². The maximum absolute atomic E-state index is 2.50. The first-order valence-corrected chi connectivity index (χ1v) is 9.55. The Kier molecular flexibility index (Phi) is 7.67. The molecule has 2 heteroatoms. The zero-order valence-electron chi connectivity index (χ0n) is 16.6. The summed E-state index contributed by atoms with van der Waals surface area (Å²) in [5, 5.41) is 0. The van der Waals surface area contributed by atoms with Crippen molar-refractivity contribution < 1.29 is 0 Å². The second-order valence-electron chi connectivity index (χ2n) is 7.43. The molecule has 25 heavy (non-hydrogen) atoms. The predicted molar refractivity (Wildman–Crippen MR) is 109 cm³/mol. The zero-order chi connectivity index (χ0) is 18.2. The molecule has 0 saturated carbocycles. The van der Waals surface area contributed by atoms with Crippen molar-refractivity contribution in [2.45, 2.75) is 59.3 Å². The fraction of sp³-hybridized carbons (Fsp3) is 0.478. The van der Waals surface area contributed by atoms with E-state index in [0.717, 1.165) is 26.1 Å². The van der Waals surface area contributed by atoms with Crippen LogP contribution in [0.2, 0.25) is 0 Å². The molecule has 0 aliphatic rings. The van der Waals surface area contributed by atoms with Crippen LogP contribution in [0.25, 0.3) is 0 Å². The van der Waals surface area contributed by atoms with Gasteiger partial charge in [0.2, 0.25) is 0 Å². The molecule has 0 heterocycles. The first-order valence-electron chi connectivity index (χ1n) is 9.55. The molecule has 1 atom stereocenters. The molecule has 2 aromatic carbocycles. The normalized spacial score (nSPS) is 13.0. The van der Waals surface area contributed by atoms with Crippen molar-refractivity contribution in [3.05, 3.63) is 71.3 Å². The van der Waals surface area contributed by atoms with Gasteiger partial charge >= 0.3 is 0 Å². The molecule has 0 N–H and O–H groups in total. The van der Waals surface area contributed by atoms with Crippen molar-refractivity contribution in [1.82, 2.24) is 9.80 Å². The zero-order valence-corrected chi connectivity index (χ0v) is 16.6. The molecule has 2 rings (SSSR count). The van der Waals surface area contributed by atoms with Crippen molar-refractivity contribution in [2.75, 3.05) is 13.6 Å². The number of likely N-dealkylation sites (N-methyl/N-ethyl adjacent to an activating group) is 1. The van der Waals surface area contributed by atoms with Gasteiger partial charge in [-0.05, 0) is 57.5 Å². The summed E-state index contributed by atoms with van der Waals surface area (Å²) in [7, 11) is 2.22. The van der Waals surface area contributed by atoms with Crippen LogP contribution in [-0.4, -0.2) is 35.5 Å². The first-order chi connectivity index (χ1) is 12.0. The van der Waals surface area contributed by atoms with E-state index in [4.69, 9.17) is 0 Å². The Morgan fingerprint density at radius 3 is 2.08 bits per heavy atom. The van der Waals surface area contributed by atoms with Crippen LogP contribution in [0.5, 0.6) is 0 Å². The lowest BCUT2D eigenvalue weighted by Crippen LogP contribution is -2.31. The van der Waals surface area contributed by atoms with Crippen LogP contribution in [0, 0.1) is 0 Å². The third kappa shape index (κ3) is 6.30. The summed E-state index contributed by atoms with van der Waals surface area (Å²) in [6.07, 6.45) is 1.09. The van der Waals surface area contributed by atoms with Gasteiger partial charge in [-0.1, -0.05) is 61.5 Å². The van der Waals surface area contributed by atoms with E-state index >= 15 is 0 Å².